The van der Waals surface area contributed by atoms with Crippen molar-refractivity contribution >= 4 is 32.6 Å². The summed E-state index contributed by atoms with van der Waals surface area (Å²) in [5.74, 6) is -0.924. The van der Waals surface area contributed by atoms with E-state index >= 15 is 0 Å². The van der Waals surface area contributed by atoms with Gasteiger partial charge in [-0.1, -0.05) is 41.7 Å². The Kier molecular flexibility index (Phi) is 5.81. The number of nitrogens with zero attached hydrogens (tertiary/aromatic N) is 2. The monoisotopic (exact) mass is 440 g/mol. The van der Waals surface area contributed by atoms with Crippen LogP contribution in [-0.2, 0) is 6.54 Å². The number of halogens is 2. The van der Waals surface area contributed by atoms with Crippen LogP contribution in [0.2, 0.25) is 0 Å². The molecule has 31 heavy (non-hydrogen) atoms. The van der Waals surface area contributed by atoms with Gasteiger partial charge in [0.15, 0.2) is 10.9 Å². The third-order valence-corrected chi connectivity index (χ3v) is 5.69. The number of amides is 1. The van der Waals surface area contributed by atoms with Gasteiger partial charge < -0.3 is 9.47 Å². The van der Waals surface area contributed by atoms with Crippen LogP contribution in [0.4, 0.5) is 13.9 Å². The molecule has 1 heterocycles. The Balaban J connectivity index is 1.82. The molecule has 5 nitrogen and oxygen atoms in total. The van der Waals surface area contributed by atoms with E-state index in [4.69, 9.17) is 9.47 Å². The van der Waals surface area contributed by atoms with Gasteiger partial charge in [-0.15, -0.1) is 0 Å². The molecular weight excluding hydrogens is 422 g/mol. The number of methoxy groups -OCH3 is 2. The van der Waals surface area contributed by atoms with Crippen LogP contribution in [-0.4, -0.2) is 25.1 Å². The minimum Gasteiger partial charge on any atom is -0.497 e. The maximum absolute atomic E-state index is 14.2. The molecule has 0 radical (unpaired) electrons. The van der Waals surface area contributed by atoms with Crippen molar-refractivity contribution in [3.8, 4) is 11.5 Å². The summed E-state index contributed by atoms with van der Waals surface area (Å²) in [6.45, 7) is 0.198. The molecule has 0 unspecified atom stereocenters. The number of aromatic nitrogens is 1. The van der Waals surface area contributed by atoms with Gasteiger partial charge >= 0.3 is 0 Å². The van der Waals surface area contributed by atoms with E-state index in [9.17, 15) is 13.6 Å². The summed E-state index contributed by atoms with van der Waals surface area (Å²) in [5, 5.41) is 0.259. The van der Waals surface area contributed by atoms with Gasteiger partial charge in [0, 0.05) is 17.7 Å². The summed E-state index contributed by atoms with van der Waals surface area (Å²) in [7, 11) is 2.99. The number of carbonyl (C=O) groups excluding carboxylic acids is 1. The standard InChI is InChI=1S/C23H18F2N2O3S/c1-29-17-8-15(9-18(12-17)30-2)22(28)27(13-14-6-4-3-5-7-14)23-26-21-19(25)10-16(24)11-20(21)31-23/h3-12H,13H2,1-2H3. The maximum Gasteiger partial charge on any atom is 0.260 e. The van der Waals surface area contributed by atoms with E-state index in [0.29, 0.717) is 21.8 Å². The van der Waals surface area contributed by atoms with Crippen molar-refractivity contribution in [3.63, 3.8) is 0 Å². The molecule has 4 aromatic rings. The Morgan fingerprint density at radius 3 is 2.32 bits per heavy atom. The van der Waals surface area contributed by atoms with Gasteiger partial charge in [-0.05, 0) is 23.8 Å². The summed E-state index contributed by atoms with van der Waals surface area (Å²) >= 11 is 1.05. The first-order valence-corrected chi connectivity index (χ1v) is 10.1. The van der Waals surface area contributed by atoms with Crippen molar-refractivity contribution < 1.29 is 23.0 Å². The second-order valence-corrected chi connectivity index (χ2v) is 7.72. The SMILES string of the molecule is COc1cc(OC)cc(C(=O)N(Cc2ccccc2)c2nc3c(F)cc(F)cc3s2)c1. The largest absolute Gasteiger partial charge is 0.497 e. The second-order valence-electron chi connectivity index (χ2n) is 6.71. The fourth-order valence-electron chi connectivity index (χ4n) is 3.14. The van der Waals surface area contributed by atoms with Gasteiger partial charge in [0.05, 0.1) is 25.5 Å². The Hall–Kier alpha value is -3.52. The van der Waals surface area contributed by atoms with Gasteiger partial charge in [-0.25, -0.2) is 13.8 Å². The normalized spacial score (nSPS) is 10.8. The lowest BCUT2D eigenvalue weighted by atomic mass is 10.1. The zero-order chi connectivity index (χ0) is 22.0. The highest BCUT2D eigenvalue weighted by Crippen LogP contribution is 2.33. The molecule has 0 bridgehead atoms. The molecule has 0 spiro atoms. The number of hydrogen-bond acceptors (Lipinski definition) is 5. The van der Waals surface area contributed by atoms with Crippen molar-refractivity contribution in [2.75, 3.05) is 19.1 Å². The molecule has 3 aromatic carbocycles. The first kappa shape index (κ1) is 20.7. The number of fused-ring (bicyclic) bond motifs is 1. The average molecular weight is 440 g/mol. The van der Waals surface area contributed by atoms with E-state index < -0.39 is 11.6 Å². The molecule has 0 aliphatic rings. The van der Waals surface area contributed by atoms with E-state index in [2.05, 4.69) is 4.98 Å². The number of carbonyl (C=O) groups is 1. The fourth-order valence-corrected chi connectivity index (χ4v) is 4.14. The Morgan fingerprint density at radius 2 is 1.68 bits per heavy atom. The highest BCUT2D eigenvalue weighted by atomic mass is 32.1. The topological polar surface area (TPSA) is 51.7 Å². The number of ether oxygens (including phenoxy) is 2. The first-order valence-electron chi connectivity index (χ1n) is 9.33. The van der Waals surface area contributed by atoms with Crippen molar-refractivity contribution in [2.24, 2.45) is 0 Å². The number of hydrogen-bond donors (Lipinski definition) is 0. The highest BCUT2D eigenvalue weighted by molar-refractivity contribution is 7.22. The fraction of sp³-hybridized carbons (Fsp3) is 0.130. The minimum atomic E-state index is -0.771. The highest BCUT2D eigenvalue weighted by Gasteiger charge is 2.24. The van der Waals surface area contributed by atoms with Crippen LogP contribution in [0.3, 0.4) is 0 Å². The molecule has 0 N–H and O–H groups in total. The molecule has 4 rings (SSSR count). The maximum atomic E-state index is 14.2. The molecule has 0 aliphatic heterocycles. The Bertz CT molecular complexity index is 1220. The summed E-state index contributed by atoms with van der Waals surface area (Å²) in [4.78, 5) is 19.3. The number of anilines is 1. The number of benzene rings is 3. The molecule has 158 valence electrons. The van der Waals surface area contributed by atoms with Crippen molar-refractivity contribution in [1.82, 2.24) is 4.98 Å². The Morgan fingerprint density at radius 1 is 1.00 bits per heavy atom. The van der Waals surface area contributed by atoms with E-state index in [1.54, 1.807) is 18.2 Å². The summed E-state index contributed by atoms with van der Waals surface area (Å²) < 4.78 is 38.8. The predicted molar refractivity (Wildman–Crippen MR) is 116 cm³/mol. The molecule has 0 aliphatic carbocycles. The molecule has 1 aromatic heterocycles. The predicted octanol–water partition coefficient (Wildman–Crippen LogP) is 5.44. The third-order valence-electron chi connectivity index (χ3n) is 4.66. The summed E-state index contributed by atoms with van der Waals surface area (Å²) in [5.41, 5.74) is 1.20. The third kappa shape index (κ3) is 4.34. The molecule has 0 fully saturated rings. The molecule has 0 saturated heterocycles. The van der Waals surface area contributed by atoms with Crippen molar-refractivity contribution in [3.05, 3.63) is 83.4 Å². The smallest absolute Gasteiger partial charge is 0.260 e. The van der Waals surface area contributed by atoms with E-state index in [0.717, 1.165) is 23.0 Å². The van der Waals surface area contributed by atoms with Gasteiger partial charge in [0.1, 0.15) is 22.8 Å². The van der Waals surface area contributed by atoms with Gasteiger partial charge in [0.2, 0.25) is 0 Å². The summed E-state index contributed by atoms with van der Waals surface area (Å²) in [6.07, 6.45) is 0. The molecule has 0 saturated carbocycles. The van der Waals surface area contributed by atoms with Crippen LogP contribution in [0, 0.1) is 11.6 Å². The number of rotatable bonds is 6. The molecule has 8 heteroatoms. The molecule has 1 amide bonds. The van der Waals surface area contributed by atoms with E-state index in [1.807, 2.05) is 30.3 Å². The lowest BCUT2D eigenvalue weighted by Gasteiger charge is -2.21. The summed E-state index contributed by atoms with van der Waals surface area (Å²) in [6, 6.07) is 16.2. The average Bonchev–Trinajstić information content (AvgIpc) is 3.21. The van der Waals surface area contributed by atoms with Crippen LogP contribution in [0.5, 0.6) is 11.5 Å². The van der Waals surface area contributed by atoms with Gasteiger partial charge in [0.25, 0.3) is 5.91 Å². The zero-order valence-corrected chi connectivity index (χ0v) is 17.6. The first-order chi connectivity index (χ1) is 15.0. The minimum absolute atomic E-state index is 0.0236. The zero-order valence-electron chi connectivity index (χ0n) is 16.8. The lowest BCUT2D eigenvalue weighted by molar-refractivity contribution is 0.0984. The molecular formula is C23H18F2N2O3S. The van der Waals surface area contributed by atoms with Crippen LogP contribution < -0.4 is 14.4 Å². The molecule has 0 atom stereocenters. The quantitative estimate of drug-likeness (QED) is 0.401. The van der Waals surface area contributed by atoms with E-state index in [1.165, 1.54) is 25.2 Å². The number of thiazole rings is 1. The second kappa shape index (κ2) is 8.69. The van der Waals surface area contributed by atoms with E-state index in [-0.39, 0.29) is 23.1 Å². The Labute approximate surface area is 181 Å². The van der Waals surface area contributed by atoms with Crippen LogP contribution in [0.1, 0.15) is 15.9 Å². The van der Waals surface area contributed by atoms with Crippen LogP contribution >= 0.6 is 11.3 Å². The van der Waals surface area contributed by atoms with Crippen molar-refractivity contribution in [1.29, 1.82) is 0 Å². The van der Waals surface area contributed by atoms with Crippen molar-refractivity contribution in [2.45, 2.75) is 6.54 Å². The lowest BCUT2D eigenvalue weighted by Crippen LogP contribution is -2.30. The van der Waals surface area contributed by atoms with Crippen LogP contribution in [0.25, 0.3) is 10.2 Å². The van der Waals surface area contributed by atoms with Gasteiger partial charge in [-0.2, -0.15) is 0 Å². The van der Waals surface area contributed by atoms with Crippen LogP contribution in [0.15, 0.2) is 60.7 Å². The van der Waals surface area contributed by atoms with Gasteiger partial charge in [-0.3, -0.25) is 9.69 Å².